The Hall–Kier alpha value is -2.03. The molecule has 210 valence electrons. The number of halogens is 2. The van der Waals surface area contributed by atoms with Crippen LogP contribution in [-0.2, 0) is 9.53 Å². The molecule has 1 aliphatic heterocycles. The number of ether oxygens (including phenoxy) is 1. The summed E-state index contributed by atoms with van der Waals surface area (Å²) in [4.78, 5) is 24.5. The van der Waals surface area contributed by atoms with Gasteiger partial charge in [-0.3, -0.25) is 0 Å². The lowest BCUT2D eigenvalue weighted by atomic mass is 10.3. The molecule has 2 amide bonds. The number of amides is 2. The lowest BCUT2D eigenvalue weighted by Gasteiger charge is -2.05. The minimum absolute atomic E-state index is 0. The summed E-state index contributed by atoms with van der Waals surface area (Å²) in [5, 5.41) is 5.62. The molecular weight excluding hydrogens is 600 g/mol. The summed E-state index contributed by atoms with van der Waals surface area (Å²) in [5.74, 6) is 0. The van der Waals surface area contributed by atoms with Crippen LogP contribution in [0.5, 0.6) is 0 Å². The number of hydrogen-bond donors (Lipinski definition) is 3. The zero-order valence-electron chi connectivity index (χ0n) is 18.4. The Kier molecular flexibility index (Phi) is 24.7. The largest absolute Gasteiger partial charge is 0.381 e. The van der Waals surface area contributed by atoms with Gasteiger partial charge in [-0.05, 0) is 87.1 Å². The summed E-state index contributed by atoms with van der Waals surface area (Å²) in [6.45, 7) is 2.00. The number of nitrogens with zero attached hydrogens (tertiary/aromatic N) is 1. The van der Waals surface area contributed by atoms with Crippen LogP contribution in [0, 0.1) is 0 Å². The molecule has 4 N–H and O–H groups in total. The lowest BCUT2D eigenvalue weighted by molar-refractivity contribution is 0.198. The number of urea groups is 1. The third kappa shape index (κ3) is 21.7. The predicted molar refractivity (Wildman–Crippen MR) is 165 cm³/mol. The smallest absolute Gasteiger partial charge is 0.319 e. The van der Waals surface area contributed by atoms with Crippen molar-refractivity contribution in [1.29, 1.82) is 0 Å². The van der Waals surface area contributed by atoms with Crippen molar-refractivity contribution < 1.29 is 14.3 Å². The fraction of sp³-hybridized carbons (Fsp3) is 0.500. The van der Waals surface area contributed by atoms with Gasteiger partial charge in [-0.1, -0.05) is 61.6 Å². The van der Waals surface area contributed by atoms with Crippen LogP contribution in [0.2, 0.25) is 0 Å². The third-order valence-electron chi connectivity index (χ3n) is 4.47. The Morgan fingerprint density at radius 3 is 1.68 bits per heavy atom. The molecule has 0 radical (unpaired) electrons. The normalized spacial score (nSPS) is 14.0. The number of nitrogens with two attached hydrogens (primary N) is 1. The van der Waals surface area contributed by atoms with Crippen molar-refractivity contribution in [3.63, 3.8) is 0 Å². The molecule has 2 saturated carbocycles. The highest BCUT2D eigenvalue weighted by molar-refractivity contribution is 9.10. The van der Waals surface area contributed by atoms with Crippen LogP contribution in [-0.4, -0.2) is 37.4 Å². The second-order valence-electron chi connectivity index (χ2n) is 7.72. The monoisotopic (exact) mass is 644 g/mol. The summed E-state index contributed by atoms with van der Waals surface area (Å²) in [6.07, 6.45) is 8.76. The number of rotatable bonds is 3. The van der Waals surface area contributed by atoms with Crippen LogP contribution in [0.15, 0.2) is 62.5 Å². The minimum atomic E-state index is -0.116. The summed E-state index contributed by atoms with van der Waals surface area (Å²) in [5.41, 5.74) is 6.66. The van der Waals surface area contributed by atoms with E-state index in [0.29, 0.717) is 17.8 Å². The molecule has 37 heavy (non-hydrogen) atoms. The number of benzene rings is 2. The Morgan fingerprint density at radius 1 is 0.865 bits per heavy atom. The van der Waals surface area contributed by atoms with Crippen molar-refractivity contribution in [1.82, 2.24) is 5.32 Å². The Balaban J connectivity index is -0.000000442. The number of carbonyl (C=O) groups is 1. The summed E-state index contributed by atoms with van der Waals surface area (Å²) in [6, 6.07) is 15.5. The molecule has 2 aliphatic carbocycles. The molecule has 3 aliphatic rings. The maximum absolute atomic E-state index is 11.3. The van der Waals surface area contributed by atoms with Crippen LogP contribution in [0.25, 0.3) is 0 Å². The van der Waals surface area contributed by atoms with Crippen molar-refractivity contribution in [2.24, 2.45) is 10.7 Å². The van der Waals surface area contributed by atoms with Crippen LogP contribution in [0.3, 0.4) is 0 Å². The number of isocyanates is 1. The van der Waals surface area contributed by atoms with Gasteiger partial charge in [0.2, 0.25) is 6.08 Å². The van der Waals surface area contributed by atoms with E-state index in [0.717, 1.165) is 40.7 Å². The Labute approximate surface area is 241 Å². The first-order valence-electron chi connectivity index (χ1n) is 11.0. The van der Waals surface area contributed by atoms with E-state index in [4.69, 9.17) is 10.5 Å². The zero-order chi connectivity index (χ0) is 23.9. The molecule has 2 aromatic rings. The van der Waals surface area contributed by atoms with E-state index in [1.165, 1.54) is 31.8 Å². The highest BCUT2D eigenvalue weighted by Gasteiger charge is 2.23. The molecule has 9 heteroatoms. The molecule has 2 aromatic carbocycles. The number of aliphatic imine (C=N–C) groups is 1. The Bertz CT molecular complexity index is 870. The summed E-state index contributed by atoms with van der Waals surface area (Å²) < 4.78 is 6.92. The molecule has 1 saturated heterocycles. The molecule has 0 spiro atoms. The molecule has 1 heterocycles. The van der Waals surface area contributed by atoms with Gasteiger partial charge in [-0.2, -0.15) is 4.99 Å². The van der Waals surface area contributed by atoms with Gasteiger partial charge in [0.15, 0.2) is 0 Å². The van der Waals surface area contributed by atoms with Crippen molar-refractivity contribution in [3.8, 4) is 0 Å². The van der Waals surface area contributed by atoms with Crippen molar-refractivity contribution in [3.05, 3.63) is 57.5 Å². The van der Waals surface area contributed by atoms with Gasteiger partial charge in [0, 0.05) is 39.9 Å². The minimum Gasteiger partial charge on any atom is -0.381 e. The first-order chi connectivity index (χ1) is 16.0. The molecule has 5 rings (SSSR count). The fourth-order valence-electron chi connectivity index (χ4n) is 2.29. The van der Waals surface area contributed by atoms with E-state index >= 15 is 0 Å². The molecule has 3 fully saturated rings. The standard InChI is InChI=1S/C10H11BrN2O.C7H4BrNO.C4H8O.C3H7N.4CH4/c11-7-1-3-8(4-2-7)12-10(14)13-9-5-6-9;8-6-1-3-7(4-2-6)9-5-10;1-2-4-5-3-1;4-3-1-2-3;;;;/h1-4,9H,5-6H2,(H2,12,13,14);1-4H;1-4H2;3H,1-2,4H2;4*1H4. The molecule has 7 nitrogen and oxygen atoms in total. The fourth-order valence-corrected chi connectivity index (χ4v) is 2.82. The van der Waals surface area contributed by atoms with E-state index in [1.54, 1.807) is 12.1 Å². The zero-order valence-corrected chi connectivity index (χ0v) is 21.6. The topological polar surface area (TPSA) is 106 Å². The van der Waals surface area contributed by atoms with E-state index in [2.05, 4.69) is 47.5 Å². The molecule has 0 atom stereocenters. The highest BCUT2D eigenvalue weighted by atomic mass is 79.9. The van der Waals surface area contributed by atoms with E-state index in [-0.39, 0.29) is 35.7 Å². The molecule has 0 bridgehead atoms. The summed E-state index contributed by atoms with van der Waals surface area (Å²) >= 11 is 6.59. The average Bonchev–Trinajstić information content (AvgIpc) is 3.72. The quantitative estimate of drug-likeness (QED) is 0.229. The van der Waals surface area contributed by atoms with Crippen LogP contribution in [0.4, 0.5) is 16.2 Å². The average molecular weight is 647 g/mol. The predicted octanol–water partition coefficient (Wildman–Crippen LogP) is 8.60. The molecular formula is C28H46Br2N4O3. The van der Waals surface area contributed by atoms with E-state index < -0.39 is 0 Å². The van der Waals surface area contributed by atoms with Crippen LogP contribution < -0.4 is 16.4 Å². The van der Waals surface area contributed by atoms with Crippen molar-refractivity contribution >= 4 is 55.3 Å². The van der Waals surface area contributed by atoms with Gasteiger partial charge in [0.25, 0.3) is 0 Å². The number of nitrogens with one attached hydrogen (secondary N) is 2. The SMILES string of the molecule is C.C.C.C.C1CCOC1.NC1CC1.O=C(Nc1ccc(Br)cc1)NC1CC1.O=C=Nc1ccc(Br)cc1. The lowest BCUT2D eigenvalue weighted by Crippen LogP contribution is -2.30. The highest BCUT2D eigenvalue weighted by Crippen LogP contribution is 2.19. The number of carbonyl (C=O) groups excluding carboxylic acids is 2. The van der Waals surface area contributed by atoms with Gasteiger partial charge < -0.3 is 21.1 Å². The third-order valence-corrected chi connectivity index (χ3v) is 5.52. The maximum atomic E-state index is 11.3. The van der Waals surface area contributed by atoms with Gasteiger partial charge in [-0.25, -0.2) is 9.59 Å². The summed E-state index contributed by atoms with van der Waals surface area (Å²) in [7, 11) is 0. The van der Waals surface area contributed by atoms with Gasteiger partial charge in [-0.15, -0.1) is 0 Å². The Morgan fingerprint density at radius 2 is 1.32 bits per heavy atom. The first kappa shape index (κ1) is 39.5. The van der Waals surface area contributed by atoms with Crippen molar-refractivity contribution in [2.75, 3.05) is 18.5 Å². The van der Waals surface area contributed by atoms with Gasteiger partial charge in [0.1, 0.15) is 0 Å². The van der Waals surface area contributed by atoms with Crippen LogP contribution in [0.1, 0.15) is 68.2 Å². The van der Waals surface area contributed by atoms with E-state index in [9.17, 15) is 9.59 Å². The molecule has 0 unspecified atom stereocenters. The van der Waals surface area contributed by atoms with Crippen molar-refractivity contribution in [2.45, 2.75) is 80.3 Å². The van der Waals surface area contributed by atoms with Gasteiger partial charge >= 0.3 is 6.03 Å². The number of anilines is 1. The first-order valence-corrected chi connectivity index (χ1v) is 12.5. The van der Waals surface area contributed by atoms with Gasteiger partial charge in [0.05, 0.1) is 5.69 Å². The van der Waals surface area contributed by atoms with Crippen LogP contribution >= 0.6 is 31.9 Å². The van der Waals surface area contributed by atoms with E-state index in [1.807, 2.05) is 36.4 Å². The second-order valence-corrected chi connectivity index (χ2v) is 9.55. The molecule has 0 aromatic heterocycles. The second kappa shape index (κ2) is 23.1. The maximum Gasteiger partial charge on any atom is 0.319 e. The number of hydrogen-bond acceptors (Lipinski definition) is 5.